The molecule has 1 aromatic heterocycles. The van der Waals surface area contributed by atoms with E-state index in [9.17, 15) is 9.59 Å². The highest BCUT2D eigenvalue weighted by molar-refractivity contribution is 5.98. The zero-order chi connectivity index (χ0) is 20.5. The zero-order valence-corrected chi connectivity index (χ0v) is 17.4. The first-order valence-electron chi connectivity index (χ1n) is 9.79. The lowest BCUT2D eigenvalue weighted by Gasteiger charge is -2.26. The first kappa shape index (κ1) is 20.1. The predicted octanol–water partition coefficient (Wildman–Crippen LogP) is 3.93. The number of rotatable bonds is 1. The van der Waals surface area contributed by atoms with E-state index in [0.717, 1.165) is 28.6 Å². The van der Waals surface area contributed by atoms with Crippen LogP contribution in [0.2, 0.25) is 0 Å². The van der Waals surface area contributed by atoms with Gasteiger partial charge in [0.2, 0.25) is 0 Å². The molecule has 0 aliphatic carbocycles. The molecule has 150 valence electrons. The van der Waals surface area contributed by atoms with Crippen LogP contribution >= 0.6 is 0 Å². The Kier molecular flexibility index (Phi) is 5.59. The summed E-state index contributed by atoms with van der Waals surface area (Å²) in [6.07, 6.45) is 0.408. The molecule has 6 nitrogen and oxygen atoms in total. The fourth-order valence-electron chi connectivity index (χ4n) is 3.41. The average Bonchev–Trinajstić information content (AvgIpc) is 2.86. The van der Waals surface area contributed by atoms with E-state index in [2.05, 4.69) is 4.98 Å². The van der Waals surface area contributed by atoms with Crippen molar-refractivity contribution in [3.63, 3.8) is 0 Å². The van der Waals surface area contributed by atoms with Crippen LogP contribution < -0.4 is 0 Å². The molecule has 0 atom stereocenters. The van der Waals surface area contributed by atoms with E-state index in [4.69, 9.17) is 4.74 Å². The number of carbonyl (C=O) groups excluding carboxylic acids is 2. The molecule has 28 heavy (non-hydrogen) atoms. The third kappa shape index (κ3) is 4.61. The van der Waals surface area contributed by atoms with Crippen molar-refractivity contribution >= 4 is 22.9 Å². The second-order valence-corrected chi connectivity index (χ2v) is 8.43. The number of aromatic nitrogens is 1. The molecule has 0 unspecified atom stereocenters. The van der Waals surface area contributed by atoms with Crippen LogP contribution in [0, 0.1) is 13.8 Å². The second-order valence-electron chi connectivity index (χ2n) is 8.43. The molecular weight excluding hydrogens is 354 g/mol. The zero-order valence-electron chi connectivity index (χ0n) is 17.4. The van der Waals surface area contributed by atoms with E-state index in [1.165, 1.54) is 0 Å². The van der Waals surface area contributed by atoms with Crippen molar-refractivity contribution in [2.24, 2.45) is 0 Å². The summed E-state index contributed by atoms with van der Waals surface area (Å²) >= 11 is 0. The van der Waals surface area contributed by atoms with Gasteiger partial charge < -0.3 is 14.5 Å². The van der Waals surface area contributed by atoms with Gasteiger partial charge in [-0.05, 0) is 59.2 Å². The van der Waals surface area contributed by atoms with E-state index in [0.29, 0.717) is 31.7 Å². The Bertz CT molecular complexity index is 902. The lowest BCUT2D eigenvalue weighted by molar-refractivity contribution is 0.0255. The number of ether oxygens (including phenoxy) is 1. The normalized spacial score (nSPS) is 15.5. The summed E-state index contributed by atoms with van der Waals surface area (Å²) in [5.74, 6) is -0.0283. The summed E-state index contributed by atoms with van der Waals surface area (Å²) in [5, 5.41) is 0.971. The average molecular weight is 383 g/mol. The van der Waals surface area contributed by atoms with Crippen LogP contribution in [-0.2, 0) is 4.74 Å². The maximum absolute atomic E-state index is 13.2. The number of pyridine rings is 1. The van der Waals surface area contributed by atoms with Crippen molar-refractivity contribution in [2.45, 2.75) is 46.6 Å². The Labute approximate surface area is 166 Å². The number of benzene rings is 1. The number of aryl methyl sites for hydroxylation is 2. The molecule has 1 fully saturated rings. The molecule has 6 heteroatoms. The maximum Gasteiger partial charge on any atom is 0.410 e. The largest absolute Gasteiger partial charge is 0.444 e. The van der Waals surface area contributed by atoms with Crippen LogP contribution in [0.5, 0.6) is 0 Å². The van der Waals surface area contributed by atoms with Gasteiger partial charge in [-0.3, -0.25) is 9.78 Å². The van der Waals surface area contributed by atoms with Gasteiger partial charge >= 0.3 is 6.09 Å². The van der Waals surface area contributed by atoms with Crippen LogP contribution in [0.25, 0.3) is 10.9 Å². The van der Waals surface area contributed by atoms with Gasteiger partial charge in [0.25, 0.3) is 5.91 Å². The monoisotopic (exact) mass is 383 g/mol. The topological polar surface area (TPSA) is 62.7 Å². The van der Waals surface area contributed by atoms with Crippen molar-refractivity contribution in [3.05, 3.63) is 41.1 Å². The minimum atomic E-state index is -0.523. The van der Waals surface area contributed by atoms with E-state index < -0.39 is 5.60 Å². The first-order valence-corrected chi connectivity index (χ1v) is 9.79. The molecule has 3 rings (SSSR count). The number of hydrogen-bond donors (Lipinski definition) is 0. The Morgan fingerprint density at radius 1 is 1.00 bits per heavy atom. The summed E-state index contributed by atoms with van der Waals surface area (Å²) < 4.78 is 5.47. The maximum atomic E-state index is 13.2. The van der Waals surface area contributed by atoms with Crippen molar-refractivity contribution in [3.8, 4) is 0 Å². The standard InChI is InChI=1S/C22H29N3O3/c1-15-7-8-19-17(13-15)14-18(16(2)23-19)20(26)24-9-6-10-25(12-11-24)21(27)28-22(3,4)5/h7-8,13-14H,6,9-12H2,1-5H3. The van der Waals surface area contributed by atoms with E-state index >= 15 is 0 Å². The van der Waals surface area contributed by atoms with Gasteiger partial charge in [-0.1, -0.05) is 11.6 Å². The molecule has 0 N–H and O–H groups in total. The Morgan fingerprint density at radius 2 is 1.68 bits per heavy atom. The lowest BCUT2D eigenvalue weighted by Crippen LogP contribution is -2.40. The number of amides is 2. The highest BCUT2D eigenvalue weighted by Gasteiger charge is 2.27. The summed E-state index contributed by atoms with van der Waals surface area (Å²) in [6.45, 7) is 11.6. The van der Waals surface area contributed by atoms with E-state index in [-0.39, 0.29) is 12.0 Å². The second kappa shape index (κ2) is 7.78. The molecular formula is C22H29N3O3. The third-order valence-electron chi connectivity index (χ3n) is 4.83. The van der Waals surface area contributed by atoms with Crippen LogP contribution in [-0.4, -0.2) is 58.6 Å². The minimum Gasteiger partial charge on any atom is -0.444 e. The van der Waals surface area contributed by atoms with E-state index in [1.54, 1.807) is 4.90 Å². The molecule has 0 bridgehead atoms. The smallest absolute Gasteiger partial charge is 0.410 e. The first-order chi connectivity index (χ1) is 13.1. The van der Waals surface area contributed by atoms with Crippen molar-refractivity contribution in [1.29, 1.82) is 0 Å². The quantitative estimate of drug-likeness (QED) is 0.748. The highest BCUT2D eigenvalue weighted by Crippen LogP contribution is 2.20. The third-order valence-corrected chi connectivity index (χ3v) is 4.83. The summed E-state index contributed by atoms with van der Waals surface area (Å²) in [4.78, 5) is 33.6. The molecule has 2 aromatic rings. The van der Waals surface area contributed by atoms with Gasteiger partial charge in [0.15, 0.2) is 0 Å². The van der Waals surface area contributed by atoms with Gasteiger partial charge in [-0.15, -0.1) is 0 Å². The van der Waals surface area contributed by atoms with Crippen molar-refractivity contribution < 1.29 is 14.3 Å². The van der Waals surface area contributed by atoms with Gasteiger partial charge in [0.05, 0.1) is 16.8 Å². The van der Waals surface area contributed by atoms with Gasteiger partial charge in [-0.2, -0.15) is 0 Å². The van der Waals surface area contributed by atoms with Crippen LogP contribution in [0.1, 0.15) is 48.8 Å². The Balaban J connectivity index is 1.75. The molecule has 0 saturated carbocycles. The molecule has 0 spiro atoms. The number of fused-ring (bicyclic) bond motifs is 1. The minimum absolute atomic E-state index is 0.0283. The van der Waals surface area contributed by atoms with E-state index in [1.807, 2.05) is 63.8 Å². The molecule has 1 aliphatic heterocycles. The molecule has 2 heterocycles. The predicted molar refractivity (Wildman–Crippen MR) is 110 cm³/mol. The van der Waals surface area contributed by atoms with Gasteiger partial charge in [0.1, 0.15) is 5.60 Å². The van der Waals surface area contributed by atoms with Crippen LogP contribution in [0.15, 0.2) is 24.3 Å². The van der Waals surface area contributed by atoms with Crippen molar-refractivity contribution in [1.82, 2.24) is 14.8 Å². The SMILES string of the molecule is Cc1ccc2nc(C)c(C(=O)N3CCCN(C(=O)OC(C)(C)C)CC3)cc2c1. The summed E-state index contributed by atoms with van der Waals surface area (Å²) in [6, 6.07) is 7.99. The highest BCUT2D eigenvalue weighted by atomic mass is 16.6. The van der Waals surface area contributed by atoms with Gasteiger partial charge in [-0.25, -0.2) is 4.79 Å². The molecule has 1 saturated heterocycles. The fourth-order valence-corrected chi connectivity index (χ4v) is 3.41. The number of nitrogens with zero attached hydrogens (tertiary/aromatic N) is 3. The van der Waals surface area contributed by atoms with Gasteiger partial charge in [0, 0.05) is 31.6 Å². The number of hydrogen-bond acceptors (Lipinski definition) is 4. The molecule has 0 radical (unpaired) electrons. The molecule has 1 aliphatic rings. The Morgan fingerprint density at radius 3 is 2.39 bits per heavy atom. The summed E-state index contributed by atoms with van der Waals surface area (Å²) in [7, 11) is 0. The van der Waals surface area contributed by atoms with Crippen LogP contribution in [0.4, 0.5) is 4.79 Å². The van der Waals surface area contributed by atoms with Crippen molar-refractivity contribution in [2.75, 3.05) is 26.2 Å². The molecule has 1 aromatic carbocycles. The summed E-state index contributed by atoms with van der Waals surface area (Å²) in [5.41, 5.74) is 2.87. The number of carbonyl (C=O) groups is 2. The van der Waals surface area contributed by atoms with Crippen LogP contribution in [0.3, 0.4) is 0 Å². The Hall–Kier alpha value is -2.63. The fraction of sp³-hybridized carbons (Fsp3) is 0.500. The lowest BCUT2D eigenvalue weighted by atomic mass is 10.1. The molecule has 2 amide bonds.